The Balaban J connectivity index is 1.35. The number of thiazole rings is 1. The number of nitrogens with zero attached hydrogens (tertiary/aromatic N) is 2. The first-order valence-corrected chi connectivity index (χ1v) is 13.4. The van der Waals surface area contributed by atoms with E-state index in [9.17, 15) is 14.4 Å². The summed E-state index contributed by atoms with van der Waals surface area (Å²) in [5.74, 6) is -0.810. The minimum atomic E-state index is -0.485. The van der Waals surface area contributed by atoms with Gasteiger partial charge >= 0.3 is 0 Å². The molecule has 1 saturated heterocycles. The average Bonchev–Trinajstić information content (AvgIpc) is 3.28. The lowest BCUT2D eigenvalue weighted by Gasteiger charge is -2.34. The van der Waals surface area contributed by atoms with Crippen LogP contribution in [0.25, 0.3) is 0 Å². The fourth-order valence-electron chi connectivity index (χ4n) is 3.37. The molecule has 186 valence electrons. The molecule has 0 radical (unpaired) electrons. The number of carbonyl (C=O) groups is 3. The number of nitrogens with two attached hydrogens (primary N) is 1. The molecule has 1 aliphatic heterocycles. The quantitative estimate of drug-likeness (QED) is 0.284. The van der Waals surface area contributed by atoms with Crippen molar-refractivity contribution in [1.29, 1.82) is 0 Å². The van der Waals surface area contributed by atoms with Crippen molar-refractivity contribution in [2.45, 2.75) is 28.7 Å². The van der Waals surface area contributed by atoms with Crippen LogP contribution < -0.4 is 16.4 Å². The number of aromatic nitrogens is 1. The van der Waals surface area contributed by atoms with Crippen molar-refractivity contribution in [1.82, 2.24) is 20.5 Å². The molecule has 4 N–H and O–H groups in total. The largest absolute Gasteiger partial charge is 0.374 e. The number of thioether (sulfide) groups is 1. The minimum Gasteiger partial charge on any atom is -0.374 e. The van der Waals surface area contributed by atoms with E-state index in [1.807, 2.05) is 12.2 Å². The summed E-state index contributed by atoms with van der Waals surface area (Å²) < 4.78 is 6.41. The van der Waals surface area contributed by atoms with E-state index in [-0.39, 0.29) is 47.7 Å². The molecule has 0 bridgehead atoms. The van der Waals surface area contributed by atoms with Crippen LogP contribution in [-0.4, -0.2) is 84.2 Å². The van der Waals surface area contributed by atoms with Crippen molar-refractivity contribution in [3.63, 3.8) is 0 Å². The third-order valence-corrected chi connectivity index (χ3v) is 8.01. The van der Waals surface area contributed by atoms with E-state index in [1.165, 1.54) is 28.7 Å². The Labute approximate surface area is 216 Å². The Morgan fingerprint density at radius 1 is 1.32 bits per heavy atom. The second-order valence-corrected chi connectivity index (χ2v) is 10.9. The third-order valence-electron chi connectivity index (χ3n) is 5.09. The molecule has 2 atom stereocenters. The number of hydrogen-bond acceptors (Lipinski definition) is 8. The number of ether oxygens (including phenoxy) is 1. The molecular formula is C21H27Cl2N5O4S2. The van der Waals surface area contributed by atoms with Crippen molar-refractivity contribution >= 4 is 64.0 Å². The number of primary amides is 1. The maximum atomic E-state index is 12.3. The highest BCUT2D eigenvalue weighted by Gasteiger charge is 2.23. The maximum Gasteiger partial charge on any atom is 0.270 e. The molecule has 0 saturated carbocycles. The lowest BCUT2D eigenvalue weighted by Crippen LogP contribution is -2.48. The number of halogens is 2. The first-order chi connectivity index (χ1) is 16.3. The SMILES string of the molecule is NC(=O)CCNC(=O)c1csc(SCC(=O)NC[C@H]2CN(CC3=CC=C(Cl)C(Cl)C3)CCO2)n1. The van der Waals surface area contributed by atoms with E-state index in [0.717, 1.165) is 26.1 Å². The van der Waals surface area contributed by atoms with Crippen molar-refractivity contribution in [2.24, 2.45) is 5.73 Å². The van der Waals surface area contributed by atoms with Gasteiger partial charge in [0.1, 0.15) is 5.69 Å². The van der Waals surface area contributed by atoms with Crippen LogP contribution >= 0.6 is 46.3 Å². The number of allylic oxidation sites excluding steroid dienone is 3. The highest BCUT2D eigenvalue weighted by atomic mass is 35.5. The Kier molecular flexibility index (Phi) is 10.7. The van der Waals surface area contributed by atoms with Crippen LogP contribution in [0.3, 0.4) is 0 Å². The summed E-state index contributed by atoms with van der Waals surface area (Å²) in [5, 5.41) is 7.60. The number of alkyl halides is 1. The van der Waals surface area contributed by atoms with E-state index < -0.39 is 5.91 Å². The highest BCUT2D eigenvalue weighted by Crippen LogP contribution is 2.27. The third kappa shape index (κ3) is 8.86. The molecule has 2 heterocycles. The van der Waals surface area contributed by atoms with Gasteiger partial charge in [0.15, 0.2) is 4.34 Å². The van der Waals surface area contributed by atoms with Crippen molar-refractivity contribution in [2.75, 3.05) is 45.1 Å². The minimum absolute atomic E-state index is 0.0675. The Morgan fingerprint density at radius 3 is 2.91 bits per heavy atom. The Hall–Kier alpha value is -1.63. The molecule has 1 unspecified atom stereocenters. The Morgan fingerprint density at radius 2 is 2.15 bits per heavy atom. The topological polar surface area (TPSA) is 127 Å². The molecule has 13 heteroatoms. The van der Waals surface area contributed by atoms with Gasteiger partial charge in [0.25, 0.3) is 5.91 Å². The molecule has 0 spiro atoms. The van der Waals surface area contributed by atoms with Crippen LogP contribution in [0.2, 0.25) is 0 Å². The molecular weight excluding hydrogens is 521 g/mol. The molecule has 1 fully saturated rings. The Bertz CT molecular complexity index is 955. The monoisotopic (exact) mass is 547 g/mol. The van der Waals surface area contributed by atoms with Crippen molar-refractivity contribution < 1.29 is 19.1 Å². The molecule has 3 rings (SSSR count). The van der Waals surface area contributed by atoms with Crippen LogP contribution in [0.1, 0.15) is 23.3 Å². The van der Waals surface area contributed by atoms with Crippen molar-refractivity contribution in [3.05, 3.63) is 33.8 Å². The summed E-state index contributed by atoms with van der Waals surface area (Å²) in [5.41, 5.74) is 6.53. The fraction of sp³-hybridized carbons (Fsp3) is 0.524. The van der Waals surface area contributed by atoms with Gasteiger partial charge in [-0.25, -0.2) is 4.98 Å². The highest BCUT2D eigenvalue weighted by molar-refractivity contribution is 8.01. The second kappa shape index (κ2) is 13.5. The number of carbonyl (C=O) groups excluding carboxylic acids is 3. The van der Waals surface area contributed by atoms with Crippen LogP contribution in [0.15, 0.2) is 32.5 Å². The van der Waals surface area contributed by atoms with E-state index >= 15 is 0 Å². The van der Waals surface area contributed by atoms with E-state index in [2.05, 4.69) is 20.5 Å². The summed E-state index contributed by atoms with van der Waals surface area (Å²) in [4.78, 5) is 41.5. The predicted octanol–water partition coefficient (Wildman–Crippen LogP) is 1.72. The molecule has 3 amide bonds. The van der Waals surface area contributed by atoms with Gasteiger partial charge in [-0.3, -0.25) is 19.3 Å². The molecule has 1 aromatic rings. The lowest BCUT2D eigenvalue weighted by molar-refractivity contribution is -0.120. The van der Waals surface area contributed by atoms with Gasteiger partial charge < -0.3 is 21.1 Å². The van der Waals surface area contributed by atoms with Gasteiger partial charge in [0.2, 0.25) is 11.8 Å². The summed E-state index contributed by atoms with van der Waals surface area (Å²) in [6, 6.07) is 0. The van der Waals surface area contributed by atoms with Crippen molar-refractivity contribution in [3.8, 4) is 0 Å². The predicted molar refractivity (Wildman–Crippen MR) is 134 cm³/mol. The number of amides is 3. The molecule has 1 aliphatic carbocycles. The first kappa shape index (κ1) is 27.0. The van der Waals surface area contributed by atoms with Gasteiger partial charge in [-0.2, -0.15) is 0 Å². The van der Waals surface area contributed by atoms with Gasteiger partial charge in [0, 0.05) is 49.6 Å². The van der Waals surface area contributed by atoms with Gasteiger partial charge in [-0.05, 0) is 12.5 Å². The smallest absolute Gasteiger partial charge is 0.270 e. The number of morpholine rings is 1. The number of rotatable bonds is 11. The number of nitrogens with one attached hydrogen (secondary N) is 2. The zero-order chi connectivity index (χ0) is 24.5. The first-order valence-electron chi connectivity index (χ1n) is 10.7. The summed E-state index contributed by atoms with van der Waals surface area (Å²) in [6.45, 7) is 3.53. The van der Waals surface area contributed by atoms with Gasteiger partial charge in [-0.1, -0.05) is 35.0 Å². The average molecular weight is 549 g/mol. The molecule has 34 heavy (non-hydrogen) atoms. The summed E-state index contributed by atoms with van der Waals surface area (Å²) >= 11 is 14.8. The molecule has 1 aromatic heterocycles. The van der Waals surface area contributed by atoms with Crippen LogP contribution in [0.5, 0.6) is 0 Å². The molecule has 2 aliphatic rings. The van der Waals surface area contributed by atoms with E-state index in [4.69, 9.17) is 33.7 Å². The van der Waals surface area contributed by atoms with Crippen LogP contribution in [0, 0.1) is 0 Å². The van der Waals surface area contributed by atoms with Crippen LogP contribution in [-0.2, 0) is 14.3 Å². The van der Waals surface area contributed by atoms with Gasteiger partial charge in [-0.15, -0.1) is 22.9 Å². The zero-order valence-corrected chi connectivity index (χ0v) is 21.6. The normalized spacial score (nSPS) is 20.9. The number of hydrogen-bond donors (Lipinski definition) is 3. The van der Waals surface area contributed by atoms with Gasteiger partial charge in [0.05, 0.1) is 23.8 Å². The zero-order valence-electron chi connectivity index (χ0n) is 18.4. The lowest BCUT2D eigenvalue weighted by atomic mass is 10.0. The van der Waals surface area contributed by atoms with Crippen LogP contribution in [0.4, 0.5) is 0 Å². The molecule has 0 aromatic carbocycles. The fourth-order valence-corrected chi connectivity index (χ4v) is 5.42. The molecule has 9 nitrogen and oxygen atoms in total. The maximum absolute atomic E-state index is 12.3. The van der Waals surface area contributed by atoms with E-state index in [0.29, 0.717) is 22.5 Å². The summed E-state index contributed by atoms with van der Waals surface area (Å²) in [6.07, 6.45) is 4.60. The summed E-state index contributed by atoms with van der Waals surface area (Å²) in [7, 11) is 0. The standard InChI is InChI=1S/C21H27Cl2N5O4S2/c22-15-2-1-13(7-16(15)23)9-28-5-6-32-14(10-28)8-26-19(30)12-34-21-27-17(11-33-21)20(31)25-4-3-18(24)29/h1-2,11,14,16H,3-10,12H2,(H2,24,29)(H,25,31)(H,26,30)/t14-,16?/m0/s1. The second-order valence-electron chi connectivity index (χ2n) is 7.84. The van der Waals surface area contributed by atoms with E-state index in [1.54, 1.807) is 5.38 Å².